The van der Waals surface area contributed by atoms with E-state index in [1.165, 1.54) is 0 Å². The fourth-order valence-corrected chi connectivity index (χ4v) is 1.81. The first-order valence-corrected chi connectivity index (χ1v) is 7.22. The number of carbonyl (C=O) groups is 3. The summed E-state index contributed by atoms with van der Waals surface area (Å²) in [6, 6.07) is 0. The highest BCUT2D eigenvalue weighted by Crippen LogP contribution is 2.32. The van der Waals surface area contributed by atoms with Crippen molar-refractivity contribution in [2.75, 3.05) is 19.8 Å². The Kier molecular flexibility index (Phi) is 9.30. The van der Waals surface area contributed by atoms with Gasteiger partial charge in [-0.25, -0.2) is 14.4 Å². The van der Waals surface area contributed by atoms with Crippen molar-refractivity contribution in [2.24, 2.45) is 11.3 Å². The summed E-state index contributed by atoms with van der Waals surface area (Å²) in [5, 5.41) is 0. The van der Waals surface area contributed by atoms with E-state index in [0.717, 1.165) is 18.2 Å². The minimum absolute atomic E-state index is 0.0599. The molecule has 0 aromatic carbocycles. The van der Waals surface area contributed by atoms with E-state index in [4.69, 9.17) is 14.2 Å². The van der Waals surface area contributed by atoms with Gasteiger partial charge in [0.1, 0.15) is 19.8 Å². The van der Waals surface area contributed by atoms with Crippen LogP contribution in [0.3, 0.4) is 0 Å². The second-order valence-electron chi connectivity index (χ2n) is 5.11. The van der Waals surface area contributed by atoms with Crippen molar-refractivity contribution in [3.8, 4) is 0 Å². The van der Waals surface area contributed by atoms with Crippen LogP contribution in [0.4, 0.5) is 0 Å². The Morgan fingerprint density at radius 3 is 1.39 bits per heavy atom. The molecule has 0 fully saturated rings. The van der Waals surface area contributed by atoms with E-state index in [9.17, 15) is 14.4 Å². The van der Waals surface area contributed by atoms with Crippen molar-refractivity contribution in [1.29, 1.82) is 0 Å². The average Bonchev–Trinajstić information content (AvgIpc) is 2.59. The number of hydrogen-bond acceptors (Lipinski definition) is 6. The number of rotatable bonds is 11. The van der Waals surface area contributed by atoms with Crippen LogP contribution in [0.15, 0.2) is 38.0 Å². The molecule has 6 nitrogen and oxygen atoms in total. The molecular weight excluding hydrogens is 300 g/mol. The van der Waals surface area contributed by atoms with Gasteiger partial charge in [0, 0.05) is 18.2 Å². The smallest absolute Gasteiger partial charge is 0.330 e. The number of ether oxygens (including phenoxy) is 3. The van der Waals surface area contributed by atoms with Crippen molar-refractivity contribution in [1.82, 2.24) is 0 Å². The van der Waals surface area contributed by atoms with Crippen molar-refractivity contribution >= 4 is 17.9 Å². The van der Waals surface area contributed by atoms with Gasteiger partial charge in [0.2, 0.25) is 0 Å². The first-order chi connectivity index (χ1) is 10.8. The molecule has 0 N–H and O–H groups in total. The molecular formula is C17H24O6. The third kappa shape index (κ3) is 6.95. The maximum absolute atomic E-state index is 11.4. The zero-order valence-corrected chi connectivity index (χ0v) is 13.7. The van der Waals surface area contributed by atoms with Crippen LogP contribution in [0.5, 0.6) is 0 Å². The highest BCUT2D eigenvalue weighted by Gasteiger charge is 2.40. The van der Waals surface area contributed by atoms with E-state index in [1.54, 1.807) is 0 Å². The number of carbonyl (C=O) groups excluding carboxylic acids is 3. The molecule has 0 saturated carbocycles. The monoisotopic (exact) mass is 324 g/mol. The van der Waals surface area contributed by atoms with E-state index in [-0.39, 0.29) is 25.7 Å². The van der Waals surface area contributed by atoms with E-state index < -0.39 is 23.3 Å². The van der Waals surface area contributed by atoms with Gasteiger partial charge in [0.25, 0.3) is 0 Å². The Labute approximate surface area is 136 Å². The lowest BCUT2D eigenvalue weighted by Crippen LogP contribution is -2.44. The van der Waals surface area contributed by atoms with Crippen LogP contribution in [0, 0.1) is 11.3 Å². The fraction of sp³-hybridized carbons (Fsp3) is 0.471. The summed E-state index contributed by atoms with van der Waals surface area (Å²) in [6.07, 6.45) is 3.80. The lowest BCUT2D eigenvalue weighted by molar-refractivity contribution is -0.160. The lowest BCUT2D eigenvalue weighted by Gasteiger charge is -2.36. The molecule has 0 aliphatic rings. The van der Waals surface area contributed by atoms with Gasteiger partial charge in [-0.05, 0) is 5.92 Å². The van der Waals surface area contributed by atoms with Crippen LogP contribution in [0.25, 0.3) is 0 Å². The average molecular weight is 324 g/mol. The molecule has 0 radical (unpaired) electrons. The normalized spacial score (nSPS) is 11.7. The highest BCUT2D eigenvalue weighted by atomic mass is 16.6. The SMILES string of the molecule is C=CC(=O)OCC(COC(=O)C=C)(COC(=O)C=C)C(C)CC. The molecule has 1 atom stereocenters. The van der Waals surface area contributed by atoms with Crippen molar-refractivity contribution in [3.63, 3.8) is 0 Å². The van der Waals surface area contributed by atoms with Gasteiger partial charge in [0.05, 0.1) is 5.41 Å². The maximum Gasteiger partial charge on any atom is 0.330 e. The van der Waals surface area contributed by atoms with Crippen LogP contribution >= 0.6 is 0 Å². The fourth-order valence-electron chi connectivity index (χ4n) is 1.81. The first kappa shape index (κ1) is 20.6. The van der Waals surface area contributed by atoms with Gasteiger partial charge in [0.15, 0.2) is 0 Å². The van der Waals surface area contributed by atoms with Gasteiger partial charge in [-0.15, -0.1) is 0 Å². The molecule has 0 saturated heterocycles. The zero-order chi connectivity index (χ0) is 17.9. The second-order valence-corrected chi connectivity index (χ2v) is 5.11. The zero-order valence-electron chi connectivity index (χ0n) is 13.7. The summed E-state index contributed by atoms with van der Waals surface area (Å²) in [5.74, 6) is -1.89. The Morgan fingerprint density at radius 1 is 0.870 bits per heavy atom. The molecule has 0 aliphatic heterocycles. The van der Waals surface area contributed by atoms with E-state index in [2.05, 4.69) is 19.7 Å². The van der Waals surface area contributed by atoms with Gasteiger partial charge in [-0.2, -0.15) is 0 Å². The van der Waals surface area contributed by atoms with Crippen LogP contribution in [-0.4, -0.2) is 37.7 Å². The molecule has 0 aliphatic carbocycles. The van der Waals surface area contributed by atoms with Crippen molar-refractivity contribution in [3.05, 3.63) is 38.0 Å². The van der Waals surface area contributed by atoms with Gasteiger partial charge in [-0.1, -0.05) is 40.0 Å². The molecule has 0 rings (SSSR count). The lowest BCUT2D eigenvalue weighted by atomic mass is 9.76. The molecule has 23 heavy (non-hydrogen) atoms. The molecule has 0 aromatic rings. The largest absolute Gasteiger partial charge is 0.462 e. The van der Waals surface area contributed by atoms with Crippen LogP contribution < -0.4 is 0 Å². The first-order valence-electron chi connectivity index (χ1n) is 7.22. The Bertz CT molecular complexity index is 406. The molecule has 0 amide bonds. The summed E-state index contributed by atoms with van der Waals surface area (Å²) in [7, 11) is 0. The summed E-state index contributed by atoms with van der Waals surface area (Å²) in [4.78, 5) is 34.1. The number of esters is 3. The predicted octanol–water partition coefficient (Wildman–Crippen LogP) is 2.21. The third-order valence-corrected chi connectivity index (χ3v) is 3.66. The molecule has 1 unspecified atom stereocenters. The summed E-state index contributed by atoms with van der Waals surface area (Å²) >= 11 is 0. The summed E-state index contributed by atoms with van der Waals surface area (Å²) in [6.45, 7) is 13.6. The molecule has 0 aromatic heterocycles. The predicted molar refractivity (Wildman–Crippen MR) is 85.4 cm³/mol. The second kappa shape index (κ2) is 10.4. The summed E-state index contributed by atoms with van der Waals surface area (Å²) < 4.78 is 15.4. The molecule has 128 valence electrons. The van der Waals surface area contributed by atoms with Crippen molar-refractivity contribution < 1.29 is 28.6 Å². The van der Waals surface area contributed by atoms with Crippen molar-refractivity contribution in [2.45, 2.75) is 20.3 Å². The maximum atomic E-state index is 11.4. The van der Waals surface area contributed by atoms with E-state index in [1.807, 2.05) is 13.8 Å². The minimum Gasteiger partial charge on any atom is -0.462 e. The molecule has 0 heterocycles. The Hall–Kier alpha value is -2.37. The van der Waals surface area contributed by atoms with Crippen LogP contribution in [0.1, 0.15) is 20.3 Å². The standard InChI is InChI=1S/C17H24O6/c1-6-13(5)17(10-21-14(18)7-2,11-22-15(19)8-3)12-23-16(20)9-4/h7-9,13H,2-4,6,10-12H2,1,5H3. The third-order valence-electron chi connectivity index (χ3n) is 3.66. The number of hydrogen-bond donors (Lipinski definition) is 0. The topological polar surface area (TPSA) is 78.9 Å². The molecule has 6 heteroatoms. The van der Waals surface area contributed by atoms with E-state index >= 15 is 0 Å². The van der Waals surface area contributed by atoms with Gasteiger partial charge >= 0.3 is 17.9 Å². The quantitative estimate of drug-likeness (QED) is 0.329. The van der Waals surface area contributed by atoms with E-state index in [0.29, 0.717) is 6.42 Å². The molecule has 0 bridgehead atoms. The highest BCUT2D eigenvalue weighted by molar-refractivity contribution is 5.82. The summed E-state index contributed by atoms with van der Waals surface area (Å²) in [5.41, 5.74) is -0.870. The Balaban J connectivity index is 5.31. The van der Waals surface area contributed by atoms with Gasteiger partial charge < -0.3 is 14.2 Å². The Morgan fingerprint density at radius 2 is 1.17 bits per heavy atom. The van der Waals surface area contributed by atoms with Gasteiger partial charge in [-0.3, -0.25) is 0 Å². The van der Waals surface area contributed by atoms with Crippen LogP contribution in [-0.2, 0) is 28.6 Å². The minimum atomic E-state index is -0.870. The molecule has 0 spiro atoms. The van der Waals surface area contributed by atoms with Crippen LogP contribution in [0.2, 0.25) is 0 Å².